The van der Waals surface area contributed by atoms with Gasteiger partial charge in [-0.25, -0.2) is 4.98 Å². The zero-order valence-corrected chi connectivity index (χ0v) is 9.61. The molecule has 1 aromatic rings. The Labute approximate surface area is 84.2 Å². The first-order valence-corrected chi connectivity index (χ1v) is 5.42. The Morgan fingerprint density at radius 2 is 2.15 bits per heavy atom. The summed E-state index contributed by atoms with van der Waals surface area (Å²) in [6.07, 6.45) is 2.86. The predicted octanol–water partition coefficient (Wildman–Crippen LogP) is 2.33. The molecular formula is C10H18N2S. The summed E-state index contributed by atoms with van der Waals surface area (Å²) in [6, 6.07) is 0.207. The van der Waals surface area contributed by atoms with Gasteiger partial charge >= 0.3 is 0 Å². The van der Waals surface area contributed by atoms with Crippen molar-refractivity contribution in [2.45, 2.75) is 45.6 Å². The second-order valence-electron chi connectivity index (χ2n) is 4.55. The third-order valence-electron chi connectivity index (χ3n) is 1.79. The lowest BCUT2D eigenvalue weighted by Gasteiger charge is -2.14. The Morgan fingerprint density at radius 1 is 1.54 bits per heavy atom. The predicted molar refractivity (Wildman–Crippen MR) is 58.2 cm³/mol. The zero-order chi connectivity index (χ0) is 10.1. The first kappa shape index (κ1) is 10.7. The van der Waals surface area contributed by atoms with Crippen LogP contribution in [0.4, 0.5) is 0 Å². The van der Waals surface area contributed by atoms with Gasteiger partial charge in [0.05, 0.1) is 5.01 Å². The maximum atomic E-state index is 5.71. The smallest absolute Gasteiger partial charge is 0.0943 e. The van der Waals surface area contributed by atoms with E-state index in [0.29, 0.717) is 0 Å². The van der Waals surface area contributed by atoms with Gasteiger partial charge in [0.25, 0.3) is 0 Å². The second kappa shape index (κ2) is 3.76. The van der Waals surface area contributed by atoms with E-state index in [9.17, 15) is 0 Å². The molecule has 0 radical (unpaired) electrons. The van der Waals surface area contributed by atoms with Crippen LogP contribution >= 0.6 is 11.3 Å². The molecule has 0 aliphatic carbocycles. The lowest BCUT2D eigenvalue weighted by molar-refractivity contribution is 0.602. The van der Waals surface area contributed by atoms with Crippen LogP contribution < -0.4 is 5.73 Å². The fourth-order valence-electron chi connectivity index (χ4n) is 1.03. The minimum Gasteiger partial charge on any atom is -0.328 e. The van der Waals surface area contributed by atoms with E-state index in [1.165, 1.54) is 4.88 Å². The molecule has 0 fully saturated rings. The Morgan fingerprint density at radius 3 is 2.54 bits per heavy atom. The summed E-state index contributed by atoms with van der Waals surface area (Å²) in [5, 5.41) is 1.15. The Balaban J connectivity index is 2.75. The van der Waals surface area contributed by atoms with E-state index in [0.717, 1.165) is 11.4 Å². The summed E-state index contributed by atoms with van der Waals surface area (Å²) in [4.78, 5) is 5.70. The van der Waals surface area contributed by atoms with E-state index in [1.54, 1.807) is 11.3 Å². The average molecular weight is 198 g/mol. The number of rotatable bonds is 2. The van der Waals surface area contributed by atoms with Crippen LogP contribution in [0.1, 0.15) is 37.6 Å². The summed E-state index contributed by atoms with van der Waals surface area (Å²) in [5.74, 6) is 0. The Kier molecular flexibility index (Phi) is 3.09. The molecule has 1 aromatic heterocycles. The molecule has 13 heavy (non-hydrogen) atoms. The Bertz CT molecular complexity index is 271. The molecule has 0 amide bonds. The van der Waals surface area contributed by atoms with Crippen LogP contribution in [0.2, 0.25) is 0 Å². The van der Waals surface area contributed by atoms with Crippen LogP contribution in [-0.4, -0.2) is 11.0 Å². The van der Waals surface area contributed by atoms with E-state index in [-0.39, 0.29) is 11.5 Å². The zero-order valence-electron chi connectivity index (χ0n) is 8.79. The van der Waals surface area contributed by atoms with Gasteiger partial charge in [0, 0.05) is 23.5 Å². The number of hydrogen-bond donors (Lipinski definition) is 1. The summed E-state index contributed by atoms with van der Waals surface area (Å²) in [6.45, 7) is 8.63. The molecule has 0 aromatic carbocycles. The van der Waals surface area contributed by atoms with Crippen LogP contribution in [0.5, 0.6) is 0 Å². The minimum absolute atomic E-state index is 0.207. The quantitative estimate of drug-likeness (QED) is 0.792. The van der Waals surface area contributed by atoms with Crippen molar-refractivity contribution in [3.63, 3.8) is 0 Å². The summed E-state index contributed by atoms with van der Waals surface area (Å²) >= 11 is 1.78. The molecule has 0 saturated carbocycles. The van der Waals surface area contributed by atoms with E-state index in [1.807, 2.05) is 13.1 Å². The number of hydrogen-bond acceptors (Lipinski definition) is 3. The van der Waals surface area contributed by atoms with Gasteiger partial charge in [0.15, 0.2) is 0 Å². The largest absolute Gasteiger partial charge is 0.328 e. The molecule has 0 aliphatic rings. The molecule has 2 nitrogen and oxygen atoms in total. The molecular weight excluding hydrogens is 180 g/mol. The third-order valence-corrected chi connectivity index (χ3v) is 3.23. The van der Waals surface area contributed by atoms with Gasteiger partial charge in [-0.1, -0.05) is 20.8 Å². The topological polar surface area (TPSA) is 38.9 Å². The van der Waals surface area contributed by atoms with E-state index >= 15 is 0 Å². The SMILES string of the molecule is CC(N)Cc1ncc(C(C)(C)C)s1. The monoisotopic (exact) mass is 198 g/mol. The average Bonchev–Trinajstić information content (AvgIpc) is 2.32. The number of aromatic nitrogens is 1. The molecule has 1 atom stereocenters. The van der Waals surface area contributed by atoms with Crippen molar-refractivity contribution in [2.75, 3.05) is 0 Å². The van der Waals surface area contributed by atoms with E-state index in [2.05, 4.69) is 25.8 Å². The van der Waals surface area contributed by atoms with Gasteiger partial charge in [-0.15, -0.1) is 11.3 Å². The Hall–Kier alpha value is -0.410. The van der Waals surface area contributed by atoms with Crippen LogP contribution in [0.25, 0.3) is 0 Å². The highest BCUT2D eigenvalue weighted by Crippen LogP contribution is 2.27. The van der Waals surface area contributed by atoms with Gasteiger partial charge in [0.2, 0.25) is 0 Å². The number of nitrogens with zero attached hydrogens (tertiary/aromatic N) is 1. The molecule has 3 heteroatoms. The van der Waals surface area contributed by atoms with Crippen molar-refractivity contribution >= 4 is 11.3 Å². The van der Waals surface area contributed by atoms with Gasteiger partial charge < -0.3 is 5.73 Å². The fourth-order valence-corrected chi connectivity index (χ4v) is 2.14. The van der Waals surface area contributed by atoms with Crippen molar-refractivity contribution in [1.29, 1.82) is 0 Å². The van der Waals surface area contributed by atoms with Crippen LogP contribution in [0.3, 0.4) is 0 Å². The van der Waals surface area contributed by atoms with E-state index in [4.69, 9.17) is 5.73 Å². The summed E-state index contributed by atoms with van der Waals surface area (Å²) < 4.78 is 0. The highest BCUT2D eigenvalue weighted by Gasteiger charge is 2.17. The first-order chi connectivity index (χ1) is 5.89. The second-order valence-corrected chi connectivity index (χ2v) is 5.66. The van der Waals surface area contributed by atoms with E-state index < -0.39 is 0 Å². The minimum atomic E-state index is 0.207. The summed E-state index contributed by atoms with van der Waals surface area (Å²) in [5.41, 5.74) is 5.93. The van der Waals surface area contributed by atoms with Gasteiger partial charge in [-0.3, -0.25) is 0 Å². The van der Waals surface area contributed by atoms with Crippen molar-refractivity contribution < 1.29 is 0 Å². The van der Waals surface area contributed by atoms with Gasteiger partial charge in [0.1, 0.15) is 0 Å². The molecule has 1 rings (SSSR count). The molecule has 0 spiro atoms. The standard InChI is InChI=1S/C10H18N2S/c1-7(11)5-9-12-6-8(13-9)10(2,3)4/h6-7H,5,11H2,1-4H3. The molecule has 0 bridgehead atoms. The molecule has 1 unspecified atom stereocenters. The highest BCUT2D eigenvalue weighted by molar-refractivity contribution is 7.11. The lowest BCUT2D eigenvalue weighted by Crippen LogP contribution is -2.17. The normalized spacial score (nSPS) is 14.5. The van der Waals surface area contributed by atoms with Gasteiger partial charge in [-0.2, -0.15) is 0 Å². The van der Waals surface area contributed by atoms with Crippen molar-refractivity contribution in [3.8, 4) is 0 Å². The van der Waals surface area contributed by atoms with Gasteiger partial charge in [-0.05, 0) is 12.3 Å². The number of nitrogens with two attached hydrogens (primary N) is 1. The third kappa shape index (κ3) is 3.08. The first-order valence-electron chi connectivity index (χ1n) is 4.60. The lowest BCUT2D eigenvalue weighted by atomic mass is 9.96. The van der Waals surface area contributed by atoms with Crippen molar-refractivity contribution in [3.05, 3.63) is 16.1 Å². The molecule has 0 aliphatic heterocycles. The highest BCUT2D eigenvalue weighted by atomic mass is 32.1. The van der Waals surface area contributed by atoms with Crippen LogP contribution in [0, 0.1) is 0 Å². The fraction of sp³-hybridized carbons (Fsp3) is 0.700. The molecule has 74 valence electrons. The van der Waals surface area contributed by atoms with Crippen molar-refractivity contribution in [2.24, 2.45) is 5.73 Å². The summed E-state index contributed by atoms with van der Waals surface area (Å²) in [7, 11) is 0. The molecule has 2 N–H and O–H groups in total. The molecule has 1 heterocycles. The van der Waals surface area contributed by atoms with Crippen LogP contribution in [0.15, 0.2) is 6.20 Å². The van der Waals surface area contributed by atoms with Crippen LogP contribution in [-0.2, 0) is 11.8 Å². The maximum absolute atomic E-state index is 5.71. The maximum Gasteiger partial charge on any atom is 0.0943 e. The molecule has 0 saturated heterocycles. The number of thiazole rings is 1. The van der Waals surface area contributed by atoms with Crippen molar-refractivity contribution in [1.82, 2.24) is 4.98 Å².